The molecular weight excluding hydrogens is 412 g/mol. The second-order valence-electron chi connectivity index (χ2n) is 8.75. The van der Waals surface area contributed by atoms with Crippen LogP contribution in [-0.2, 0) is 26.4 Å². The molecule has 0 aliphatic carbocycles. The van der Waals surface area contributed by atoms with Gasteiger partial charge in [0, 0.05) is 15.6 Å². The minimum absolute atomic E-state index is 0.0712. The molecule has 0 fully saturated rings. The van der Waals surface area contributed by atoms with Crippen molar-refractivity contribution in [2.75, 3.05) is 0 Å². The molecular formula is C21H27BrO3S. The fourth-order valence-electron chi connectivity index (χ4n) is 2.81. The monoisotopic (exact) mass is 438 g/mol. The van der Waals surface area contributed by atoms with Crippen LogP contribution >= 0.6 is 15.9 Å². The van der Waals surface area contributed by atoms with E-state index in [0.717, 1.165) is 10.0 Å². The molecule has 0 saturated carbocycles. The lowest BCUT2D eigenvalue weighted by atomic mass is 9.79. The maximum atomic E-state index is 13.1. The number of phenols is 1. The van der Waals surface area contributed by atoms with Crippen molar-refractivity contribution >= 4 is 25.8 Å². The number of hydrogen-bond donors (Lipinski definition) is 1. The molecule has 0 aromatic heterocycles. The lowest BCUT2D eigenvalue weighted by Crippen LogP contribution is -2.19. The Balaban J connectivity index is 2.62. The van der Waals surface area contributed by atoms with Gasteiger partial charge in [0.25, 0.3) is 0 Å². The zero-order chi connectivity index (χ0) is 19.9. The molecule has 0 radical (unpaired) electrons. The van der Waals surface area contributed by atoms with Crippen LogP contribution in [0.4, 0.5) is 0 Å². The standard InChI is InChI=1S/C21H27BrO3S/c1-20(2,3)17-11-16(12-18(19(17)23)21(4,5)6)26(24,25)13-14-7-9-15(22)10-8-14/h7-12,23H,13H2,1-6H3. The lowest BCUT2D eigenvalue weighted by Gasteiger charge is -2.28. The summed E-state index contributed by atoms with van der Waals surface area (Å²) in [5.41, 5.74) is 1.30. The van der Waals surface area contributed by atoms with Crippen molar-refractivity contribution in [2.24, 2.45) is 0 Å². The van der Waals surface area contributed by atoms with Crippen LogP contribution in [0.1, 0.15) is 58.2 Å². The molecule has 2 aromatic rings. The van der Waals surface area contributed by atoms with Crippen molar-refractivity contribution in [1.29, 1.82) is 0 Å². The maximum Gasteiger partial charge on any atom is 0.182 e. The van der Waals surface area contributed by atoms with Crippen LogP contribution in [0.2, 0.25) is 0 Å². The van der Waals surface area contributed by atoms with Crippen LogP contribution in [-0.4, -0.2) is 13.5 Å². The summed E-state index contributed by atoms with van der Waals surface area (Å²) in [5.74, 6) is 0.116. The Morgan fingerprint density at radius 3 is 1.69 bits per heavy atom. The molecule has 5 heteroatoms. The van der Waals surface area contributed by atoms with Crippen molar-refractivity contribution in [3.8, 4) is 5.75 Å². The molecule has 0 aliphatic heterocycles. The predicted molar refractivity (Wildman–Crippen MR) is 111 cm³/mol. The first-order valence-electron chi connectivity index (χ1n) is 8.57. The van der Waals surface area contributed by atoms with Crippen molar-refractivity contribution < 1.29 is 13.5 Å². The van der Waals surface area contributed by atoms with Crippen LogP contribution < -0.4 is 0 Å². The number of rotatable bonds is 3. The molecule has 0 amide bonds. The van der Waals surface area contributed by atoms with Gasteiger partial charge in [-0.2, -0.15) is 0 Å². The van der Waals surface area contributed by atoms with Crippen LogP contribution in [0.25, 0.3) is 0 Å². The molecule has 0 saturated heterocycles. The van der Waals surface area contributed by atoms with Gasteiger partial charge < -0.3 is 5.11 Å². The van der Waals surface area contributed by atoms with E-state index in [9.17, 15) is 13.5 Å². The Labute approximate surface area is 165 Å². The number of phenolic OH excluding ortho intramolecular Hbond substituents is 1. The highest BCUT2D eigenvalue weighted by molar-refractivity contribution is 9.10. The lowest BCUT2D eigenvalue weighted by molar-refractivity contribution is 0.422. The van der Waals surface area contributed by atoms with Gasteiger partial charge in [0.15, 0.2) is 9.84 Å². The highest BCUT2D eigenvalue weighted by Gasteiger charge is 2.29. The third-order valence-electron chi connectivity index (χ3n) is 4.33. The summed E-state index contributed by atoms with van der Waals surface area (Å²) in [6.45, 7) is 11.8. The van der Waals surface area contributed by atoms with E-state index in [1.807, 2.05) is 53.7 Å². The fourth-order valence-corrected chi connectivity index (χ4v) is 4.47. The van der Waals surface area contributed by atoms with E-state index in [0.29, 0.717) is 11.1 Å². The molecule has 0 atom stereocenters. The largest absolute Gasteiger partial charge is 0.507 e. The molecule has 0 aliphatic rings. The second-order valence-corrected chi connectivity index (χ2v) is 11.7. The minimum Gasteiger partial charge on any atom is -0.507 e. The van der Waals surface area contributed by atoms with Crippen molar-refractivity contribution in [3.05, 3.63) is 57.6 Å². The Morgan fingerprint density at radius 2 is 1.31 bits per heavy atom. The average molecular weight is 439 g/mol. The van der Waals surface area contributed by atoms with E-state index in [2.05, 4.69) is 15.9 Å². The van der Waals surface area contributed by atoms with Crippen LogP contribution in [0.15, 0.2) is 45.8 Å². The first kappa shape index (κ1) is 21.0. The van der Waals surface area contributed by atoms with E-state index in [1.165, 1.54) is 0 Å². The Bertz CT molecular complexity index is 865. The Hall–Kier alpha value is -1.33. The van der Waals surface area contributed by atoms with Crippen molar-refractivity contribution in [1.82, 2.24) is 0 Å². The van der Waals surface area contributed by atoms with Gasteiger partial charge in [-0.3, -0.25) is 0 Å². The third kappa shape index (κ3) is 4.68. The average Bonchev–Trinajstić information content (AvgIpc) is 2.47. The summed E-state index contributed by atoms with van der Waals surface area (Å²) in [5, 5.41) is 10.8. The van der Waals surface area contributed by atoms with Gasteiger partial charge in [0.1, 0.15) is 5.75 Å². The van der Waals surface area contributed by atoms with Gasteiger partial charge >= 0.3 is 0 Å². The smallest absolute Gasteiger partial charge is 0.182 e. The number of hydrogen-bond acceptors (Lipinski definition) is 3. The summed E-state index contributed by atoms with van der Waals surface area (Å²) in [7, 11) is -3.53. The molecule has 0 bridgehead atoms. The van der Waals surface area contributed by atoms with E-state index in [1.54, 1.807) is 24.3 Å². The summed E-state index contributed by atoms with van der Waals surface area (Å²) in [4.78, 5) is 0.257. The molecule has 142 valence electrons. The third-order valence-corrected chi connectivity index (χ3v) is 6.52. The fraction of sp³-hybridized carbons (Fsp3) is 0.429. The van der Waals surface area contributed by atoms with Gasteiger partial charge in [0.05, 0.1) is 10.6 Å². The van der Waals surface area contributed by atoms with E-state index >= 15 is 0 Å². The highest BCUT2D eigenvalue weighted by atomic mass is 79.9. The van der Waals surface area contributed by atoms with Crippen molar-refractivity contribution in [3.63, 3.8) is 0 Å². The number of benzene rings is 2. The van der Waals surface area contributed by atoms with Gasteiger partial charge in [-0.15, -0.1) is 0 Å². The van der Waals surface area contributed by atoms with Crippen LogP contribution in [0.3, 0.4) is 0 Å². The summed E-state index contributed by atoms with van der Waals surface area (Å²) >= 11 is 3.36. The summed E-state index contributed by atoms with van der Waals surface area (Å²) in [6.07, 6.45) is 0. The topological polar surface area (TPSA) is 54.4 Å². The quantitative estimate of drug-likeness (QED) is 0.665. The van der Waals surface area contributed by atoms with Crippen LogP contribution in [0.5, 0.6) is 5.75 Å². The highest BCUT2D eigenvalue weighted by Crippen LogP contribution is 2.41. The molecule has 26 heavy (non-hydrogen) atoms. The first-order chi connectivity index (χ1) is 11.7. The van der Waals surface area contributed by atoms with E-state index in [4.69, 9.17) is 0 Å². The zero-order valence-electron chi connectivity index (χ0n) is 16.2. The van der Waals surface area contributed by atoms with E-state index < -0.39 is 9.84 Å². The molecule has 2 aromatic carbocycles. The molecule has 1 N–H and O–H groups in total. The summed E-state index contributed by atoms with van der Waals surface area (Å²) < 4.78 is 27.0. The second kappa shape index (κ2) is 7.01. The molecule has 0 heterocycles. The zero-order valence-corrected chi connectivity index (χ0v) is 18.6. The number of aromatic hydroxyl groups is 1. The van der Waals surface area contributed by atoms with Gasteiger partial charge in [-0.05, 0) is 40.7 Å². The molecule has 3 nitrogen and oxygen atoms in total. The van der Waals surface area contributed by atoms with Crippen molar-refractivity contribution in [2.45, 2.75) is 63.0 Å². The maximum absolute atomic E-state index is 13.1. The SMILES string of the molecule is CC(C)(C)c1cc(S(=O)(=O)Cc2ccc(Br)cc2)cc(C(C)(C)C)c1O. The van der Waals surface area contributed by atoms with Gasteiger partial charge in [-0.1, -0.05) is 69.6 Å². The Kier molecular flexibility index (Phi) is 5.65. The van der Waals surface area contributed by atoms with E-state index in [-0.39, 0.29) is 27.2 Å². The van der Waals surface area contributed by atoms with Gasteiger partial charge in [-0.25, -0.2) is 8.42 Å². The Morgan fingerprint density at radius 1 is 0.885 bits per heavy atom. The van der Waals surface area contributed by atoms with Gasteiger partial charge in [0.2, 0.25) is 0 Å². The number of halogens is 1. The molecule has 0 spiro atoms. The van der Waals surface area contributed by atoms with Crippen LogP contribution in [0, 0.1) is 0 Å². The normalized spacial score (nSPS) is 13.0. The summed E-state index contributed by atoms with van der Waals surface area (Å²) in [6, 6.07) is 10.5. The predicted octanol–water partition coefficient (Wildman–Crippen LogP) is 5.72. The number of sulfone groups is 1. The molecule has 2 rings (SSSR count). The first-order valence-corrected chi connectivity index (χ1v) is 11.0. The molecule has 0 unspecified atom stereocenters. The minimum atomic E-state index is -3.53.